The van der Waals surface area contributed by atoms with Crippen LogP contribution in [-0.4, -0.2) is 85.6 Å². The molecule has 0 aromatic heterocycles. The van der Waals surface area contributed by atoms with E-state index in [2.05, 4.69) is 10.2 Å². The topological polar surface area (TPSA) is 116 Å². The van der Waals surface area contributed by atoms with Crippen molar-refractivity contribution in [3.8, 4) is 5.75 Å². The highest BCUT2D eigenvalue weighted by molar-refractivity contribution is 7.89. The van der Waals surface area contributed by atoms with Crippen molar-refractivity contribution in [2.45, 2.75) is 30.3 Å². The summed E-state index contributed by atoms with van der Waals surface area (Å²) in [5.41, 5.74) is 0.698. The smallest absolute Gasteiger partial charge is 0.255 e. The second-order valence-corrected chi connectivity index (χ2v) is 11.0. The van der Waals surface area contributed by atoms with Crippen molar-refractivity contribution >= 4 is 27.7 Å². The average molecular weight is 513 g/mol. The van der Waals surface area contributed by atoms with Crippen molar-refractivity contribution in [3.05, 3.63) is 59.7 Å². The van der Waals surface area contributed by atoms with Crippen LogP contribution >= 0.6 is 0 Å². The van der Waals surface area contributed by atoms with E-state index < -0.39 is 22.0 Å². The van der Waals surface area contributed by atoms with E-state index in [1.54, 1.807) is 12.1 Å². The first-order valence-corrected chi connectivity index (χ1v) is 13.5. The van der Waals surface area contributed by atoms with Gasteiger partial charge in [0.25, 0.3) is 5.91 Å². The van der Waals surface area contributed by atoms with Crippen LogP contribution in [-0.2, 0) is 26.2 Å². The van der Waals surface area contributed by atoms with Gasteiger partial charge in [-0.3, -0.25) is 24.6 Å². The Hall–Kier alpha value is -3.28. The lowest BCUT2D eigenvalue weighted by atomic mass is 10.0. The molecule has 36 heavy (non-hydrogen) atoms. The molecule has 1 N–H and O–H groups in total. The number of carbonyl (C=O) groups excluding carboxylic acids is 3. The zero-order valence-electron chi connectivity index (χ0n) is 19.8. The van der Waals surface area contributed by atoms with Gasteiger partial charge in [0.05, 0.1) is 4.90 Å². The molecule has 0 spiro atoms. The van der Waals surface area contributed by atoms with E-state index in [0.29, 0.717) is 44.9 Å². The van der Waals surface area contributed by atoms with Gasteiger partial charge in [0.2, 0.25) is 21.8 Å². The summed E-state index contributed by atoms with van der Waals surface area (Å²) in [5.74, 6) is -0.476. The van der Waals surface area contributed by atoms with E-state index in [4.69, 9.17) is 4.74 Å². The molecule has 2 aromatic rings. The SMILES string of the molecule is O=C1CCC(N2Cc3c(cccc3S(=O)(=O)N3CCN(CCOc4ccccc4)CC3)C2=O)C(=O)N1. The van der Waals surface area contributed by atoms with Crippen LogP contribution in [0.15, 0.2) is 53.4 Å². The normalized spacial score (nSPS) is 21.4. The molecule has 1 atom stereocenters. The number of fused-ring (bicyclic) bond motifs is 1. The summed E-state index contributed by atoms with van der Waals surface area (Å²) in [6.07, 6.45) is 0.366. The number of imide groups is 1. The molecule has 2 aromatic carbocycles. The zero-order chi connectivity index (χ0) is 25.3. The molecule has 3 aliphatic heterocycles. The summed E-state index contributed by atoms with van der Waals surface area (Å²) in [7, 11) is -3.83. The molecule has 2 saturated heterocycles. The minimum Gasteiger partial charge on any atom is -0.492 e. The maximum Gasteiger partial charge on any atom is 0.255 e. The zero-order valence-corrected chi connectivity index (χ0v) is 20.6. The number of sulfonamides is 1. The Morgan fingerprint density at radius 1 is 0.944 bits per heavy atom. The van der Waals surface area contributed by atoms with Gasteiger partial charge in [-0.25, -0.2) is 8.42 Å². The molecule has 3 amide bonds. The maximum absolute atomic E-state index is 13.6. The Kier molecular flexibility index (Phi) is 6.78. The van der Waals surface area contributed by atoms with E-state index in [-0.39, 0.29) is 41.7 Å². The van der Waals surface area contributed by atoms with Crippen LogP contribution in [0, 0.1) is 0 Å². The Balaban J connectivity index is 1.24. The first kappa shape index (κ1) is 24.4. The van der Waals surface area contributed by atoms with E-state index in [9.17, 15) is 22.8 Å². The van der Waals surface area contributed by atoms with Crippen LogP contribution in [0.4, 0.5) is 0 Å². The minimum absolute atomic E-state index is 0.0205. The summed E-state index contributed by atoms with van der Waals surface area (Å²) >= 11 is 0. The maximum atomic E-state index is 13.6. The van der Waals surface area contributed by atoms with Crippen molar-refractivity contribution in [3.63, 3.8) is 0 Å². The Labute approximate surface area is 209 Å². The van der Waals surface area contributed by atoms with Gasteiger partial charge in [0.1, 0.15) is 18.4 Å². The molecule has 0 bridgehead atoms. The van der Waals surface area contributed by atoms with Gasteiger partial charge < -0.3 is 9.64 Å². The van der Waals surface area contributed by atoms with Crippen molar-refractivity contribution in [2.24, 2.45) is 0 Å². The third-order valence-electron chi connectivity index (χ3n) is 6.91. The Bertz CT molecular complexity index is 1270. The summed E-state index contributed by atoms with van der Waals surface area (Å²) in [6, 6.07) is 13.4. The third-order valence-corrected chi connectivity index (χ3v) is 8.89. The van der Waals surface area contributed by atoms with Gasteiger partial charge in [-0.1, -0.05) is 24.3 Å². The van der Waals surface area contributed by atoms with Crippen molar-refractivity contribution in [2.75, 3.05) is 39.3 Å². The lowest BCUT2D eigenvalue weighted by molar-refractivity contribution is -0.136. The number of para-hydroxylation sites is 1. The standard InChI is InChI=1S/C25H28N4O6S/c30-23-10-9-21(24(31)26-23)29-17-20-19(25(29)32)7-4-8-22(20)36(33,34)28-13-11-27(12-14-28)15-16-35-18-5-2-1-3-6-18/h1-8,21H,9-17H2,(H,26,30,31). The fourth-order valence-electron chi connectivity index (χ4n) is 4.94. The van der Waals surface area contributed by atoms with Crippen LogP contribution in [0.5, 0.6) is 5.75 Å². The quantitative estimate of drug-likeness (QED) is 0.547. The molecule has 190 valence electrons. The van der Waals surface area contributed by atoms with Crippen molar-refractivity contribution in [1.29, 1.82) is 0 Å². The lowest BCUT2D eigenvalue weighted by Gasteiger charge is -2.34. The molecule has 0 aliphatic carbocycles. The summed E-state index contributed by atoms with van der Waals surface area (Å²) in [5, 5.41) is 2.27. The van der Waals surface area contributed by atoms with E-state index in [1.807, 2.05) is 30.3 Å². The van der Waals surface area contributed by atoms with Crippen molar-refractivity contribution in [1.82, 2.24) is 19.4 Å². The largest absolute Gasteiger partial charge is 0.492 e. The highest BCUT2D eigenvalue weighted by Crippen LogP contribution is 2.33. The number of hydrogen-bond donors (Lipinski definition) is 1. The van der Waals surface area contributed by atoms with Gasteiger partial charge in [-0.15, -0.1) is 0 Å². The number of amides is 3. The Morgan fingerprint density at radius 3 is 2.42 bits per heavy atom. The molecule has 1 unspecified atom stereocenters. The van der Waals surface area contributed by atoms with Crippen molar-refractivity contribution < 1.29 is 27.5 Å². The molecule has 10 nitrogen and oxygen atoms in total. The second-order valence-electron chi connectivity index (χ2n) is 9.09. The van der Waals surface area contributed by atoms with Gasteiger partial charge in [-0.2, -0.15) is 4.31 Å². The van der Waals surface area contributed by atoms with Gasteiger partial charge >= 0.3 is 0 Å². The number of piperazine rings is 1. The second kappa shape index (κ2) is 10.00. The van der Waals surface area contributed by atoms with Crippen LogP contribution in [0.25, 0.3) is 0 Å². The fourth-order valence-corrected chi connectivity index (χ4v) is 6.60. The molecule has 3 heterocycles. The minimum atomic E-state index is -3.83. The molecular formula is C25H28N4O6S. The van der Waals surface area contributed by atoms with E-state index >= 15 is 0 Å². The van der Waals surface area contributed by atoms with E-state index in [0.717, 1.165) is 5.75 Å². The summed E-state index contributed by atoms with van der Waals surface area (Å²) in [6.45, 7) is 3.05. The molecule has 0 radical (unpaired) electrons. The van der Waals surface area contributed by atoms with Crippen LogP contribution in [0.3, 0.4) is 0 Å². The number of rotatable bonds is 7. The first-order valence-electron chi connectivity index (χ1n) is 12.0. The molecule has 11 heteroatoms. The van der Waals surface area contributed by atoms with Gasteiger partial charge in [0, 0.05) is 56.8 Å². The average Bonchev–Trinajstić information content (AvgIpc) is 3.21. The Morgan fingerprint density at radius 2 is 1.69 bits per heavy atom. The number of nitrogens with zero attached hydrogens (tertiary/aromatic N) is 3. The summed E-state index contributed by atoms with van der Waals surface area (Å²) < 4.78 is 34.4. The molecular weight excluding hydrogens is 484 g/mol. The molecule has 5 rings (SSSR count). The highest BCUT2D eigenvalue weighted by Gasteiger charge is 2.42. The number of nitrogens with one attached hydrogen (secondary N) is 1. The predicted molar refractivity (Wildman–Crippen MR) is 130 cm³/mol. The fraction of sp³-hybridized carbons (Fsp3) is 0.400. The highest BCUT2D eigenvalue weighted by atomic mass is 32.2. The van der Waals surface area contributed by atoms with Crippen LogP contribution < -0.4 is 10.1 Å². The number of hydrogen-bond acceptors (Lipinski definition) is 7. The number of carbonyl (C=O) groups is 3. The number of piperidine rings is 1. The molecule has 3 aliphatic rings. The predicted octanol–water partition coefficient (Wildman–Crippen LogP) is 0.833. The number of benzene rings is 2. The third kappa shape index (κ3) is 4.73. The molecule has 2 fully saturated rings. The molecule has 0 saturated carbocycles. The van der Waals surface area contributed by atoms with Crippen LogP contribution in [0.2, 0.25) is 0 Å². The monoisotopic (exact) mass is 512 g/mol. The summed E-state index contributed by atoms with van der Waals surface area (Å²) in [4.78, 5) is 40.5. The van der Waals surface area contributed by atoms with E-state index in [1.165, 1.54) is 15.3 Å². The lowest BCUT2D eigenvalue weighted by Crippen LogP contribution is -2.52. The van der Waals surface area contributed by atoms with Gasteiger partial charge in [0.15, 0.2) is 0 Å². The van der Waals surface area contributed by atoms with Gasteiger partial charge in [-0.05, 0) is 30.7 Å². The number of ether oxygens (including phenoxy) is 1. The first-order chi connectivity index (χ1) is 17.3. The van der Waals surface area contributed by atoms with Crippen LogP contribution in [0.1, 0.15) is 28.8 Å².